The first kappa shape index (κ1) is 94.2. The Morgan fingerprint density at radius 2 is 0.692 bits per heavy atom. The van der Waals surface area contributed by atoms with Gasteiger partial charge < -0.3 is 84.1 Å². The molecule has 6 aliphatic heterocycles. The maximum Gasteiger partial charge on any atom is 0.407 e. The van der Waals surface area contributed by atoms with Gasteiger partial charge in [-0.05, 0) is 117 Å². The second-order valence-corrected chi connectivity index (χ2v) is 41.4. The van der Waals surface area contributed by atoms with Crippen LogP contribution in [0.2, 0.25) is 20.1 Å². The summed E-state index contributed by atoms with van der Waals surface area (Å²) in [5.74, 6) is -5.74. The summed E-state index contributed by atoms with van der Waals surface area (Å²) in [4.78, 5) is 72.8. The zero-order valence-corrected chi connectivity index (χ0v) is 79.2. The van der Waals surface area contributed by atoms with E-state index in [4.69, 9.17) is 85.1 Å². The first-order chi connectivity index (χ1) is 63.1. The molecule has 6 fully saturated rings. The topological polar surface area (TPSA) is 416 Å². The monoisotopic (exact) mass is 2150 g/mol. The van der Waals surface area contributed by atoms with Gasteiger partial charge in [-0.1, -0.05) is 287 Å². The highest BCUT2D eigenvalue weighted by Crippen LogP contribution is 2.73. The number of aliphatic carboxylic acids is 1. The van der Waals surface area contributed by atoms with Crippen LogP contribution in [-0.4, -0.2) is 137 Å². The van der Waals surface area contributed by atoms with Crippen molar-refractivity contribution in [2.45, 2.75) is 112 Å². The number of nitrogens with one attached hydrogen (secondary N) is 2. The Balaban J connectivity index is 0.000000120. The number of hydrogen-bond acceptors (Lipinski definition) is 22. The summed E-state index contributed by atoms with van der Waals surface area (Å²) in [6.45, 7) is 2.82. The average molecular weight is 2150 g/mol. The standard InChI is InChI=1S/C24H19BrClNO5.2C23H16BrClN2O4.C23H17BrClNO5.C2H6N3OP.CH4/c1-31-22(29)18-19(13-5-3-2-4-6-13)24(14-7-9-15(25)10-8-14)23(30,21(18)28)20-17(32-24)11-16(26)12-27-20;2*24-14-8-6-13(7-9-14)23-17(12-4-2-1-3-5-12)18-20(30-21(28)27-18)22(23,29)19-16(31-23)10-15(25)11-26-19;24-14-8-6-13(7-9-14)23-18(12-4-2-1-3-5-12)17(21(28)29)20(27)22(23,30)19-16(31-23)10-15(25)11-26-19;1-7(2,6)5-4-3;/h2-12,18-19,21,28,30H,1H3;2*1-11,17-18,20,29H,(H,27,28);1-11,17-18,20,27,30H,(H,28,29);1-2H3;1H4/t18-,19-,21-,23+,24+;3*17-,18-,20-,22+,23+;;/m1111../s1. The second-order valence-electron chi connectivity index (χ2n) is 33.3. The van der Waals surface area contributed by atoms with Gasteiger partial charge in [0.25, 0.3) is 0 Å². The molecule has 10 aliphatic rings. The van der Waals surface area contributed by atoms with Gasteiger partial charge >= 0.3 is 24.1 Å². The Kier molecular flexibility index (Phi) is 25.2. The van der Waals surface area contributed by atoms with Crippen LogP contribution in [0.3, 0.4) is 0 Å². The first-order valence-electron chi connectivity index (χ1n) is 40.9. The number of pyridine rings is 4. The number of rotatable bonds is 11. The molecule has 20 atom stereocenters. The number of azide groups is 1. The van der Waals surface area contributed by atoms with Crippen molar-refractivity contribution in [3.05, 3.63) is 383 Å². The van der Waals surface area contributed by atoms with Crippen LogP contribution >= 0.6 is 117 Å². The number of carboxylic acids is 1. The Labute approximate surface area is 813 Å². The van der Waals surface area contributed by atoms with Crippen LogP contribution in [-0.2, 0) is 73.2 Å². The second kappa shape index (κ2) is 35.6. The van der Waals surface area contributed by atoms with E-state index in [1.54, 1.807) is 78.9 Å². The van der Waals surface area contributed by atoms with Crippen molar-refractivity contribution >= 4 is 142 Å². The molecule has 4 aliphatic carbocycles. The maximum absolute atomic E-state index is 13.0. The van der Waals surface area contributed by atoms with Gasteiger partial charge in [0.15, 0.2) is 64.3 Å². The smallest absolute Gasteiger partial charge is 0.407 e. The minimum Gasteiger partial charge on any atom is -0.481 e. The summed E-state index contributed by atoms with van der Waals surface area (Å²) in [6, 6.07) is 72.3. The van der Waals surface area contributed by atoms with Gasteiger partial charge in [-0.25, -0.2) is 9.59 Å². The van der Waals surface area contributed by atoms with E-state index in [1.165, 1.54) is 51.3 Å². The number of esters is 1. The highest BCUT2D eigenvalue weighted by molar-refractivity contribution is 9.11. The summed E-state index contributed by atoms with van der Waals surface area (Å²) >= 11 is 38.5. The van der Waals surface area contributed by atoms with Crippen molar-refractivity contribution in [1.29, 1.82) is 0 Å². The zero-order valence-electron chi connectivity index (χ0n) is 69.0. The molecule has 4 aromatic heterocycles. The van der Waals surface area contributed by atoms with E-state index in [2.05, 4.69) is 104 Å². The average Bonchev–Trinajstić information content (AvgIpc) is 1.50. The van der Waals surface area contributed by atoms with Crippen LogP contribution in [0, 0.1) is 11.8 Å². The van der Waals surface area contributed by atoms with Crippen LogP contribution in [0.25, 0.3) is 10.4 Å². The number of carboxylic acid groups (broad SMARTS) is 1. The van der Waals surface area contributed by atoms with Gasteiger partial charge in [-0.3, -0.25) is 29.5 Å². The highest BCUT2D eigenvalue weighted by atomic mass is 79.9. The third-order valence-electron chi connectivity index (χ3n) is 26.0. The number of hydrogen-bond donors (Lipinski definition) is 9. The Hall–Kier alpha value is -10.6. The number of halogens is 8. The van der Waals surface area contributed by atoms with E-state index in [-0.39, 0.29) is 30.3 Å². The lowest BCUT2D eigenvalue weighted by atomic mass is 9.71. The summed E-state index contributed by atoms with van der Waals surface area (Å²) in [6.07, 6.45) is -0.525. The van der Waals surface area contributed by atoms with Crippen molar-refractivity contribution < 1.29 is 92.6 Å². The number of aromatic nitrogens is 4. The molecule has 28 nitrogen and oxygen atoms in total. The van der Waals surface area contributed by atoms with Crippen LogP contribution in [0.4, 0.5) is 9.59 Å². The number of alkyl carbamates (subject to hydrolysis) is 2. The molecule has 2 amide bonds. The van der Waals surface area contributed by atoms with E-state index in [1.807, 2.05) is 158 Å². The lowest BCUT2D eigenvalue weighted by Crippen LogP contribution is -2.53. The third-order valence-corrected chi connectivity index (χ3v) is 29.5. The Morgan fingerprint density at radius 1 is 0.436 bits per heavy atom. The van der Waals surface area contributed by atoms with Gasteiger partial charge in [0, 0.05) is 83.7 Å². The van der Waals surface area contributed by atoms with E-state index < -0.39 is 148 Å². The number of aliphatic hydroxyl groups is 6. The molecule has 8 aromatic carbocycles. The lowest BCUT2D eigenvalue weighted by molar-refractivity contribution is -0.162. The van der Waals surface area contributed by atoms with Crippen molar-refractivity contribution in [3.8, 4) is 23.0 Å². The summed E-state index contributed by atoms with van der Waals surface area (Å²) in [5.41, 5.74) is 0.807. The number of methoxy groups -OCH3 is 1. The van der Waals surface area contributed by atoms with Crippen LogP contribution in [0.5, 0.6) is 23.0 Å². The number of carbonyl (C=O) groups is 4. The maximum atomic E-state index is 13.0. The zero-order chi connectivity index (χ0) is 93.3. The van der Waals surface area contributed by atoms with Crippen molar-refractivity contribution in [2.75, 3.05) is 20.4 Å². The van der Waals surface area contributed by atoms with Gasteiger partial charge in [0.1, 0.15) is 58.0 Å². The Morgan fingerprint density at radius 3 is 0.947 bits per heavy atom. The van der Waals surface area contributed by atoms with E-state index >= 15 is 0 Å². The number of benzene rings is 8. The quantitative estimate of drug-likeness (QED) is 0.0145. The largest absolute Gasteiger partial charge is 0.481 e. The summed E-state index contributed by atoms with van der Waals surface area (Å²) < 4.78 is 56.3. The Bertz CT molecular complexity index is 6470. The number of nitrogens with zero attached hydrogens (tertiary/aromatic N) is 7. The molecule has 37 heteroatoms. The van der Waals surface area contributed by atoms with Gasteiger partial charge in [0.2, 0.25) is 0 Å². The number of carbonyl (C=O) groups excluding carboxylic acids is 3. The minimum absolute atomic E-state index is 0. The molecular weight excluding hydrogens is 2080 g/mol. The number of aliphatic hydroxyl groups excluding tert-OH is 2. The van der Waals surface area contributed by atoms with E-state index in [0.29, 0.717) is 65.2 Å². The fraction of sp³-hybridized carbons (Fsp3) is 0.250. The molecule has 4 saturated carbocycles. The molecule has 0 radical (unpaired) electrons. The number of ether oxygens (including phenoxy) is 7. The molecule has 682 valence electrons. The SMILES string of the molecule is C.COC(=O)[C@H]1[C@@H](O)[C@@]2(O)c3ncc(Cl)cc3O[C@@]2(c2ccc(Br)cc2)[C@@H]1c1ccccc1.CP(C)(=O)N=[N+]=[N-].O=C(O)[C@H]1[C@@H](O)[C@@]2(O)c3ncc(Cl)cc3O[C@@]2(c2ccc(Br)cc2)[C@@H]1c1ccccc1.O=C1N[C@H]2[C@@H](O1)[C@@]1(O)c3ncc(Cl)cc3O[C@@]1(c1ccc(Br)cc1)[C@@H]2c1ccccc1.O=C1N[C@H]2[C@@H](O1)[C@@]1(O)c3ncc(Cl)cc3O[C@@]1(c1ccc(Br)cc1)[C@@H]2c1ccccc1. The molecule has 0 bridgehead atoms. The molecular formula is C96H78Br4Cl4N9O19P. The van der Waals surface area contributed by atoms with Crippen molar-refractivity contribution in [3.63, 3.8) is 0 Å². The lowest BCUT2D eigenvalue weighted by Gasteiger charge is -2.40. The third kappa shape index (κ3) is 14.7. The minimum atomic E-state index is -2.46. The van der Waals surface area contributed by atoms with Gasteiger partial charge in [-0.2, -0.15) is 0 Å². The predicted molar refractivity (Wildman–Crippen MR) is 503 cm³/mol. The summed E-state index contributed by atoms with van der Waals surface area (Å²) in [5, 5.41) is 89.4. The molecule has 10 heterocycles. The normalized spacial score (nSPS) is 30.2. The molecule has 9 N–H and O–H groups in total. The van der Waals surface area contributed by atoms with Crippen molar-refractivity contribution in [2.24, 2.45) is 16.7 Å². The predicted octanol–water partition coefficient (Wildman–Crippen LogP) is 18.7. The summed E-state index contributed by atoms with van der Waals surface area (Å²) in [7, 11) is -1.20. The van der Waals surface area contributed by atoms with Crippen LogP contribution in [0.1, 0.15) is 98.4 Å². The highest BCUT2D eigenvalue weighted by Gasteiger charge is 2.84. The molecule has 133 heavy (non-hydrogen) atoms. The van der Waals surface area contributed by atoms with Crippen molar-refractivity contribution in [1.82, 2.24) is 30.6 Å². The van der Waals surface area contributed by atoms with Crippen LogP contribution in [0.15, 0.2) is 290 Å². The fourth-order valence-electron chi connectivity index (χ4n) is 21.2. The molecule has 12 aromatic rings. The van der Waals surface area contributed by atoms with Gasteiger partial charge in [-0.15, -0.1) is 0 Å². The van der Waals surface area contributed by atoms with E-state index in [0.717, 1.165) is 40.1 Å². The molecule has 0 unspecified atom stereocenters. The molecule has 2 saturated heterocycles. The van der Waals surface area contributed by atoms with Gasteiger partial charge in [0.05, 0.1) is 63.0 Å². The van der Waals surface area contributed by atoms with Crippen LogP contribution < -0.4 is 29.6 Å². The number of fused-ring (bicyclic) bond motifs is 16. The number of amides is 2. The fourth-order valence-corrected chi connectivity index (χ4v) is 23.1. The first-order valence-corrected chi connectivity index (χ1v) is 48.1. The molecule has 0 spiro atoms. The molecule has 22 rings (SSSR count). The van der Waals surface area contributed by atoms with E-state index in [9.17, 15) is 59.5 Å².